The van der Waals surface area contributed by atoms with E-state index in [4.69, 9.17) is 0 Å². The topological polar surface area (TPSA) is 71.4 Å². The summed E-state index contributed by atoms with van der Waals surface area (Å²) in [6, 6.07) is 15.9. The van der Waals surface area contributed by atoms with E-state index < -0.39 is 0 Å². The highest BCUT2D eigenvalue weighted by atomic mass is 79.9. The van der Waals surface area contributed by atoms with Crippen molar-refractivity contribution < 1.29 is 14.4 Å². The molecule has 2 aromatic carbocycles. The fourth-order valence-corrected chi connectivity index (χ4v) is 4.99. The normalized spacial score (nSPS) is 14.4. The highest BCUT2D eigenvalue weighted by molar-refractivity contribution is 9.10. The van der Waals surface area contributed by atoms with Gasteiger partial charge in [-0.05, 0) is 42.7 Å². The second kappa shape index (κ2) is 11.0. The third-order valence-corrected chi connectivity index (χ3v) is 7.04. The van der Waals surface area contributed by atoms with Crippen molar-refractivity contribution in [3.63, 3.8) is 0 Å². The van der Waals surface area contributed by atoms with Crippen molar-refractivity contribution in [3.05, 3.63) is 83.0 Å². The molecule has 0 saturated carbocycles. The number of nitrogens with zero attached hydrogens (tertiary/aromatic N) is 2. The summed E-state index contributed by atoms with van der Waals surface area (Å²) in [6.45, 7) is 6.94. The van der Waals surface area contributed by atoms with Crippen molar-refractivity contribution in [2.45, 2.75) is 38.8 Å². The van der Waals surface area contributed by atoms with Gasteiger partial charge in [0.05, 0.1) is 12.1 Å². The van der Waals surface area contributed by atoms with Gasteiger partial charge in [-0.15, -0.1) is 0 Å². The van der Waals surface area contributed by atoms with Crippen molar-refractivity contribution in [3.8, 4) is 0 Å². The molecule has 0 bridgehead atoms. The minimum Gasteiger partial charge on any atom is -0.349 e. The van der Waals surface area contributed by atoms with Gasteiger partial charge in [0.15, 0.2) is 5.78 Å². The molecule has 2 heterocycles. The third-order valence-electron chi connectivity index (χ3n) is 6.55. The molecule has 1 aliphatic heterocycles. The predicted molar refractivity (Wildman–Crippen MR) is 141 cm³/mol. The van der Waals surface area contributed by atoms with Gasteiger partial charge in [-0.3, -0.25) is 14.4 Å². The average molecular weight is 536 g/mol. The van der Waals surface area contributed by atoms with E-state index in [0.717, 1.165) is 28.2 Å². The standard InChI is InChI=1S/C28H30BrN3O3/c1-3-22(12-19-8-6-5-7-9-19)30-28(35)25-18-31(26-11-10-21(29)14-24(25)26)17-23(33)13-20-15-32(16-20)27(34)4-2/h4-11,14,18,20,22H,2-3,12-13,15-17H2,1H3,(H,30,35). The van der Waals surface area contributed by atoms with Crippen LogP contribution in [0, 0.1) is 5.92 Å². The van der Waals surface area contributed by atoms with E-state index in [2.05, 4.69) is 46.9 Å². The van der Waals surface area contributed by atoms with E-state index in [1.807, 2.05) is 41.0 Å². The van der Waals surface area contributed by atoms with Crippen LogP contribution in [-0.2, 0) is 22.6 Å². The highest BCUT2D eigenvalue weighted by Gasteiger charge is 2.31. The smallest absolute Gasteiger partial charge is 0.253 e. The zero-order chi connectivity index (χ0) is 24.9. The molecule has 0 radical (unpaired) electrons. The Morgan fingerprint density at radius 2 is 1.91 bits per heavy atom. The first-order valence-electron chi connectivity index (χ1n) is 11.9. The molecule has 6 nitrogen and oxygen atoms in total. The fourth-order valence-electron chi connectivity index (χ4n) is 4.62. The molecule has 0 aliphatic carbocycles. The maximum Gasteiger partial charge on any atom is 0.253 e. The molecular formula is C28H30BrN3O3. The van der Waals surface area contributed by atoms with Gasteiger partial charge in [-0.25, -0.2) is 0 Å². The van der Waals surface area contributed by atoms with Gasteiger partial charge >= 0.3 is 0 Å². The van der Waals surface area contributed by atoms with Gasteiger partial charge in [-0.2, -0.15) is 0 Å². The summed E-state index contributed by atoms with van der Waals surface area (Å²) < 4.78 is 2.74. The molecule has 1 saturated heterocycles. The van der Waals surface area contributed by atoms with Crippen molar-refractivity contribution in [2.24, 2.45) is 5.92 Å². The van der Waals surface area contributed by atoms with Crippen molar-refractivity contribution >= 4 is 44.4 Å². The second-order valence-electron chi connectivity index (χ2n) is 9.16. The number of rotatable bonds is 10. The molecule has 35 heavy (non-hydrogen) atoms. The van der Waals surface area contributed by atoms with Gasteiger partial charge in [0.1, 0.15) is 0 Å². The molecular weight excluding hydrogens is 506 g/mol. The lowest BCUT2D eigenvalue weighted by atomic mass is 9.94. The van der Waals surface area contributed by atoms with Gasteiger partial charge < -0.3 is 14.8 Å². The number of halogens is 1. The Balaban J connectivity index is 1.47. The number of likely N-dealkylation sites (tertiary alicyclic amines) is 1. The maximum atomic E-state index is 13.3. The number of ketones is 1. The summed E-state index contributed by atoms with van der Waals surface area (Å²) in [5, 5.41) is 3.99. The second-order valence-corrected chi connectivity index (χ2v) is 10.1. The van der Waals surface area contributed by atoms with E-state index in [1.165, 1.54) is 11.6 Å². The molecule has 4 rings (SSSR count). The first-order valence-corrected chi connectivity index (χ1v) is 12.7. The van der Waals surface area contributed by atoms with Crippen LogP contribution in [0.25, 0.3) is 10.9 Å². The molecule has 1 unspecified atom stereocenters. The van der Waals surface area contributed by atoms with Gasteiger partial charge in [0.2, 0.25) is 5.91 Å². The molecule has 1 aromatic heterocycles. The molecule has 1 atom stereocenters. The van der Waals surface area contributed by atoms with Crippen LogP contribution in [0.15, 0.2) is 71.9 Å². The summed E-state index contributed by atoms with van der Waals surface area (Å²) in [4.78, 5) is 39.5. The number of carbonyl (C=O) groups is 3. The molecule has 182 valence electrons. The predicted octanol–water partition coefficient (Wildman–Crippen LogP) is 4.76. The van der Waals surface area contributed by atoms with E-state index in [1.54, 1.807) is 11.1 Å². The molecule has 7 heteroatoms. The number of hydrogen-bond acceptors (Lipinski definition) is 3. The summed E-state index contributed by atoms with van der Waals surface area (Å²) in [6.07, 6.45) is 5.07. The molecule has 2 amide bonds. The highest BCUT2D eigenvalue weighted by Crippen LogP contribution is 2.27. The van der Waals surface area contributed by atoms with Crippen molar-refractivity contribution in [1.29, 1.82) is 0 Å². The Hall–Kier alpha value is -3.19. The Morgan fingerprint density at radius 1 is 1.17 bits per heavy atom. The molecule has 3 aromatic rings. The van der Waals surface area contributed by atoms with E-state index in [-0.39, 0.29) is 36.1 Å². The third kappa shape index (κ3) is 5.90. The number of hydrogen-bond donors (Lipinski definition) is 1. The average Bonchev–Trinajstić information content (AvgIpc) is 3.18. The number of benzene rings is 2. The van der Waals surface area contributed by atoms with Crippen LogP contribution in [-0.4, -0.2) is 46.2 Å². The summed E-state index contributed by atoms with van der Waals surface area (Å²) in [5.74, 6) is 0.0278. The lowest BCUT2D eigenvalue weighted by Gasteiger charge is -2.38. The van der Waals surface area contributed by atoms with Crippen LogP contribution < -0.4 is 5.32 Å². The number of nitrogens with one attached hydrogen (secondary N) is 1. The minimum atomic E-state index is -0.139. The fraction of sp³-hybridized carbons (Fsp3) is 0.321. The number of amides is 2. The van der Waals surface area contributed by atoms with E-state index >= 15 is 0 Å². The van der Waals surface area contributed by atoms with Crippen molar-refractivity contribution in [2.75, 3.05) is 13.1 Å². The Kier molecular flexibility index (Phi) is 7.86. The summed E-state index contributed by atoms with van der Waals surface area (Å²) >= 11 is 3.51. The van der Waals surface area contributed by atoms with Crippen LogP contribution >= 0.6 is 15.9 Å². The minimum absolute atomic E-state index is 0.0110. The Labute approximate surface area is 214 Å². The van der Waals surface area contributed by atoms with Crippen LogP contribution in [0.4, 0.5) is 0 Å². The Morgan fingerprint density at radius 3 is 2.60 bits per heavy atom. The Bertz CT molecular complexity index is 1250. The van der Waals surface area contributed by atoms with Crippen LogP contribution in [0.3, 0.4) is 0 Å². The first kappa shape index (κ1) is 24.9. The van der Waals surface area contributed by atoms with Crippen LogP contribution in [0.5, 0.6) is 0 Å². The number of fused-ring (bicyclic) bond motifs is 1. The van der Waals surface area contributed by atoms with E-state index in [0.29, 0.717) is 25.1 Å². The molecule has 1 fully saturated rings. The van der Waals surface area contributed by atoms with Gasteiger partial charge in [-0.1, -0.05) is 59.8 Å². The lowest BCUT2D eigenvalue weighted by molar-refractivity contribution is -0.134. The monoisotopic (exact) mass is 535 g/mol. The number of Topliss-reactive ketones (excluding diaryl/α,β-unsaturated/α-hetero) is 1. The molecule has 1 N–H and O–H groups in total. The largest absolute Gasteiger partial charge is 0.349 e. The van der Waals surface area contributed by atoms with Gasteiger partial charge in [0.25, 0.3) is 5.91 Å². The van der Waals surface area contributed by atoms with E-state index in [9.17, 15) is 14.4 Å². The number of carbonyl (C=O) groups excluding carboxylic acids is 3. The molecule has 1 aliphatic rings. The zero-order valence-electron chi connectivity index (χ0n) is 19.9. The van der Waals surface area contributed by atoms with Crippen molar-refractivity contribution in [1.82, 2.24) is 14.8 Å². The number of aromatic nitrogens is 1. The maximum absolute atomic E-state index is 13.3. The lowest BCUT2D eigenvalue weighted by Crippen LogP contribution is -2.50. The van der Waals surface area contributed by atoms with Gasteiger partial charge in [0, 0.05) is 53.0 Å². The summed E-state index contributed by atoms with van der Waals surface area (Å²) in [7, 11) is 0. The molecule has 0 spiro atoms. The summed E-state index contributed by atoms with van der Waals surface area (Å²) in [5.41, 5.74) is 2.59. The quantitative estimate of drug-likeness (QED) is 0.380. The first-order chi connectivity index (χ1) is 16.9. The SMILES string of the molecule is C=CC(=O)N1CC(CC(=O)Cn2cc(C(=O)NC(CC)Cc3ccccc3)c3cc(Br)ccc32)C1. The van der Waals surface area contributed by atoms with Crippen LogP contribution in [0.2, 0.25) is 0 Å². The van der Waals surface area contributed by atoms with Crippen LogP contribution in [0.1, 0.15) is 35.7 Å². The zero-order valence-corrected chi connectivity index (χ0v) is 21.5.